The van der Waals surface area contributed by atoms with Crippen molar-refractivity contribution in [3.8, 4) is 0 Å². The molecule has 2 rings (SSSR count). The van der Waals surface area contributed by atoms with E-state index in [1.807, 2.05) is 18.5 Å². The maximum Gasteiger partial charge on any atom is 0.0646 e. The van der Waals surface area contributed by atoms with E-state index in [4.69, 9.17) is 10.2 Å². The lowest BCUT2D eigenvalue weighted by atomic mass is 10.2. The summed E-state index contributed by atoms with van der Waals surface area (Å²) < 4.78 is 1.85. The molecule has 2 aromatic rings. The summed E-state index contributed by atoms with van der Waals surface area (Å²) in [6, 6.07) is 8.34. The van der Waals surface area contributed by atoms with E-state index in [-0.39, 0.29) is 13.2 Å². The SMILES string of the molecule is Cc1nn(CCO)c(C)c1CNc1ccc(SCCCO)cc1. The minimum absolute atomic E-state index is 0.101. The van der Waals surface area contributed by atoms with Gasteiger partial charge in [0, 0.05) is 40.7 Å². The van der Waals surface area contributed by atoms with Crippen LogP contribution in [0, 0.1) is 13.8 Å². The van der Waals surface area contributed by atoms with E-state index in [0.717, 1.165) is 35.8 Å². The first-order valence-corrected chi connectivity index (χ1v) is 8.85. The van der Waals surface area contributed by atoms with E-state index >= 15 is 0 Å². The zero-order valence-electron chi connectivity index (χ0n) is 13.7. The van der Waals surface area contributed by atoms with E-state index < -0.39 is 0 Å². The fourth-order valence-electron chi connectivity index (χ4n) is 2.42. The molecule has 0 aliphatic heterocycles. The van der Waals surface area contributed by atoms with Crippen LogP contribution in [0.25, 0.3) is 0 Å². The van der Waals surface area contributed by atoms with Gasteiger partial charge in [0.2, 0.25) is 0 Å². The molecule has 0 radical (unpaired) electrons. The first-order chi connectivity index (χ1) is 11.2. The highest BCUT2D eigenvalue weighted by molar-refractivity contribution is 7.99. The highest BCUT2D eigenvalue weighted by Gasteiger charge is 2.10. The highest BCUT2D eigenvalue weighted by atomic mass is 32.2. The largest absolute Gasteiger partial charge is 0.396 e. The number of aliphatic hydroxyl groups is 2. The van der Waals surface area contributed by atoms with E-state index in [2.05, 4.69) is 34.7 Å². The number of hydrogen-bond donors (Lipinski definition) is 3. The van der Waals surface area contributed by atoms with Crippen LogP contribution in [-0.2, 0) is 13.1 Å². The first-order valence-electron chi connectivity index (χ1n) is 7.87. The number of aromatic nitrogens is 2. The number of rotatable bonds is 9. The van der Waals surface area contributed by atoms with E-state index in [1.54, 1.807) is 11.8 Å². The van der Waals surface area contributed by atoms with Crippen molar-refractivity contribution < 1.29 is 10.2 Å². The molecule has 23 heavy (non-hydrogen) atoms. The minimum atomic E-state index is 0.101. The van der Waals surface area contributed by atoms with Crippen molar-refractivity contribution in [2.45, 2.75) is 38.3 Å². The van der Waals surface area contributed by atoms with Gasteiger partial charge in [-0.15, -0.1) is 11.8 Å². The molecule has 0 spiro atoms. The molecule has 0 atom stereocenters. The number of aliphatic hydroxyl groups excluding tert-OH is 2. The molecule has 0 bridgehead atoms. The second-order valence-corrected chi connectivity index (χ2v) is 6.57. The summed E-state index contributed by atoms with van der Waals surface area (Å²) in [7, 11) is 0. The summed E-state index contributed by atoms with van der Waals surface area (Å²) in [4.78, 5) is 1.21. The number of benzene rings is 1. The molecule has 3 N–H and O–H groups in total. The molecule has 1 aromatic carbocycles. The second kappa shape index (κ2) is 8.96. The number of thioether (sulfide) groups is 1. The van der Waals surface area contributed by atoms with Gasteiger partial charge in [0.1, 0.15) is 0 Å². The lowest BCUT2D eigenvalue weighted by Gasteiger charge is -2.08. The Hall–Kier alpha value is -1.50. The Labute approximate surface area is 141 Å². The Bertz CT molecular complexity index is 611. The molecule has 126 valence electrons. The van der Waals surface area contributed by atoms with Gasteiger partial charge in [-0.3, -0.25) is 4.68 Å². The van der Waals surface area contributed by atoms with Crippen molar-refractivity contribution in [1.29, 1.82) is 0 Å². The lowest BCUT2D eigenvalue weighted by Crippen LogP contribution is -2.07. The number of nitrogens with zero attached hydrogens (tertiary/aromatic N) is 2. The molecule has 0 fully saturated rings. The van der Waals surface area contributed by atoms with Crippen molar-refractivity contribution in [2.24, 2.45) is 0 Å². The van der Waals surface area contributed by atoms with E-state index in [1.165, 1.54) is 10.5 Å². The lowest BCUT2D eigenvalue weighted by molar-refractivity contribution is 0.268. The van der Waals surface area contributed by atoms with Gasteiger partial charge in [0.15, 0.2) is 0 Å². The van der Waals surface area contributed by atoms with Crippen LogP contribution in [0.5, 0.6) is 0 Å². The fraction of sp³-hybridized carbons (Fsp3) is 0.471. The second-order valence-electron chi connectivity index (χ2n) is 5.40. The van der Waals surface area contributed by atoms with Gasteiger partial charge in [-0.1, -0.05) is 0 Å². The molecule has 0 unspecified atom stereocenters. The Morgan fingerprint density at radius 1 is 1.13 bits per heavy atom. The minimum Gasteiger partial charge on any atom is -0.396 e. The van der Waals surface area contributed by atoms with Crippen molar-refractivity contribution in [3.63, 3.8) is 0 Å². The average molecular weight is 335 g/mol. The molecule has 0 saturated heterocycles. The van der Waals surface area contributed by atoms with Crippen LogP contribution in [-0.4, -0.2) is 39.0 Å². The molecule has 5 nitrogen and oxygen atoms in total. The van der Waals surface area contributed by atoms with Gasteiger partial charge in [-0.2, -0.15) is 5.10 Å². The summed E-state index contributed by atoms with van der Waals surface area (Å²) in [6.45, 7) is 5.64. The molecule has 1 aromatic heterocycles. The highest BCUT2D eigenvalue weighted by Crippen LogP contribution is 2.22. The molecule has 0 aliphatic rings. The third-order valence-corrected chi connectivity index (χ3v) is 4.84. The molecule has 1 heterocycles. The molecular formula is C17H25N3O2S. The summed E-state index contributed by atoms with van der Waals surface area (Å²) >= 11 is 1.76. The van der Waals surface area contributed by atoms with E-state index in [9.17, 15) is 0 Å². The normalized spacial score (nSPS) is 11.0. The van der Waals surface area contributed by atoms with Crippen molar-refractivity contribution in [1.82, 2.24) is 9.78 Å². The van der Waals surface area contributed by atoms with Gasteiger partial charge in [-0.25, -0.2) is 0 Å². The van der Waals surface area contributed by atoms with Crippen LogP contribution >= 0.6 is 11.8 Å². The quantitative estimate of drug-likeness (QED) is 0.485. The van der Waals surface area contributed by atoms with E-state index in [0.29, 0.717) is 6.54 Å². The predicted molar refractivity (Wildman–Crippen MR) is 95.0 cm³/mol. The summed E-state index contributed by atoms with van der Waals surface area (Å²) in [5.41, 5.74) is 4.35. The molecule has 6 heteroatoms. The van der Waals surface area contributed by atoms with Gasteiger partial charge in [0.25, 0.3) is 0 Å². The number of nitrogens with one attached hydrogen (secondary N) is 1. The summed E-state index contributed by atoms with van der Waals surface area (Å²) in [6.07, 6.45) is 0.820. The van der Waals surface area contributed by atoms with Crippen molar-refractivity contribution >= 4 is 17.4 Å². The smallest absolute Gasteiger partial charge is 0.0646 e. The average Bonchev–Trinajstić information content (AvgIpc) is 2.81. The predicted octanol–water partition coefficient (Wildman–Crippen LogP) is 2.58. The number of hydrogen-bond acceptors (Lipinski definition) is 5. The Morgan fingerprint density at radius 2 is 1.87 bits per heavy atom. The standard InChI is InChI=1S/C17H25N3O2S/c1-13-17(14(2)20(19-13)8-10-22)12-18-15-4-6-16(7-5-15)23-11-3-9-21/h4-7,18,21-22H,3,8-12H2,1-2H3. The maximum absolute atomic E-state index is 9.06. The zero-order chi connectivity index (χ0) is 16.7. The molecule has 0 saturated carbocycles. The third-order valence-electron chi connectivity index (χ3n) is 3.74. The number of aryl methyl sites for hydroxylation is 1. The van der Waals surface area contributed by atoms with Crippen LogP contribution < -0.4 is 5.32 Å². The van der Waals surface area contributed by atoms with Gasteiger partial charge < -0.3 is 15.5 Å². The fourth-order valence-corrected chi connectivity index (χ4v) is 3.25. The van der Waals surface area contributed by atoms with Crippen LogP contribution in [0.3, 0.4) is 0 Å². The Kier molecular flexibility index (Phi) is 6.95. The third kappa shape index (κ3) is 4.99. The molecular weight excluding hydrogens is 310 g/mol. The van der Waals surface area contributed by atoms with Gasteiger partial charge >= 0.3 is 0 Å². The first kappa shape index (κ1) is 17.8. The summed E-state index contributed by atoms with van der Waals surface area (Å²) in [5, 5.41) is 25.8. The Morgan fingerprint density at radius 3 is 2.52 bits per heavy atom. The van der Waals surface area contributed by atoms with Crippen molar-refractivity contribution in [2.75, 3.05) is 24.3 Å². The Balaban J connectivity index is 1.93. The number of anilines is 1. The molecule has 0 aliphatic carbocycles. The molecule has 0 amide bonds. The monoisotopic (exact) mass is 335 g/mol. The van der Waals surface area contributed by atoms with Crippen molar-refractivity contribution in [3.05, 3.63) is 41.2 Å². The van der Waals surface area contributed by atoms with Gasteiger partial charge in [0.05, 0.1) is 18.8 Å². The zero-order valence-corrected chi connectivity index (χ0v) is 14.6. The topological polar surface area (TPSA) is 70.3 Å². The van der Waals surface area contributed by atoms with Crippen LogP contribution in [0.2, 0.25) is 0 Å². The summed E-state index contributed by atoms with van der Waals surface area (Å²) in [5.74, 6) is 0.936. The van der Waals surface area contributed by atoms with Crippen LogP contribution in [0.1, 0.15) is 23.4 Å². The maximum atomic E-state index is 9.06. The van der Waals surface area contributed by atoms with Crippen LogP contribution in [0.4, 0.5) is 5.69 Å². The van der Waals surface area contributed by atoms with Gasteiger partial charge in [-0.05, 0) is 44.5 Å². The van der Waals surface area contributed by atoms with Crippen LogP contribution in [0.15, 0.2) is 29.2 Å².